The van der Waals surface area contributed by atoms with Crippen LogP contribution in [0.2, 0.25) is 0 Å². The van der Waals surface area contributed by atoms with Gasteiger partial charge in [-0.15, -0.1) is 10.2 Å². The van der Waals surface area contributed by atoms with Crippen LogP contribution in [-0.2, 0) is 16.0 Å². The maximum Gasteiger partial charge on any atom is 0.305 e. The van der Waals surface area contributed by atoms with Gasteiger partial charge in [0.15, 0.2) is 5.65 Å². The molecule has 1 amide bonds. The number of carboxylic acids is 1. The fraction of sp³-hybridized carbons (Fsp3) is 0.333. The molecule has 8 nitrogen and oxygen atoms in total. The van der Waals surface area contributed by atoms with Crippen molar-refractivity contribution in [1.82, 2.24) is 19.9 Å². The van der Waals surface area contributed by atoms with Crippen LogP contribution in [0.3, 0.4) is 0 Å². The average Bonchev–Trinajstić information content (AvgIpc) is 2.81. The number of nitrogens with zero attached hydrogens (tertiary/aromatic N) is 3. The monoisotopic (exact) mass is 277 g/mol. The number of aliphatic carboxylic acids is 1. The number of hydrogen-bond acceptors (Lipinski definition) is 5. The van der Waals surface area contributed by atoms with Crippen molar-refractivity contribution >= 4 is 17.5 Å². The van der Waals surface area contributed by atoms with E-state index in [9.17, 15) is 9.59 Å². The molecule has 0 aromatic carbocycles. The summed E-state index contributed by atoms with van der Waals surface area (Å²) >= 11 is 0. The molecule has 2 aromatic rings. The first-order valence-electron chi connectivity index (χ1n) is 6.11. The number of aromatic nitrogens is 3. The number of pyridine rings is 1. The second kappa shape index (κ2) is 6.11. The molecule has 0 bridgehead atoms. The third kappa shape index (κ3) is 3.29. The van der Waals surface area contributed by atoms with Gasteiger partial charge in [0.2, 0.25) is 5.91 Å². The molecule has 1 unspecified atom stereocenters. The Labute approximate surface area is 114 Å². The lowest BCUT2D eigenvalue weighted by molar-refractivity contribution is -0.139. The van der Waals surface area contributed by atoms with Gasteiger partial charge >= 0.3 is 5.97 Å². The zero-order valence-corrected chi connectivity index (χ0v) is 10.7. The van der Waals surface area contributed by atoms with Crippen LogP contribution in [0.25, 0.3) is 5.65 Å². The van der Waals surface area contributed by atoms with Crippen molar-refractivity contribution in [3.63, 3.8) is 0 Å². The Hall–Kier alpha value is -2.48. The van der Waals surface area contributed by atoms with Gasteiger partial charge < -0.3 is 16.2 Å². The molecular formula is C12H15N5O3. The molecule has 20 heavy (non-hydrogen) atoms. The maximum atomic E-state index is 11.5. The van der Waals surface area contributed by atoms with E-state index in [0.29, 0.717) is 18.8 Å². The van der Waals surface area contributed by atoms with Gasteiger partial charge in [0.1, 0.15) is 5.82 Å². The molecule has 0 radical (unpaired) electrons. The fourth-order valence-corrected chi connectivity index (χ4v) is 1.77. The first-order chi connectivity index (χ1) is 9.58. The van der Waals surface area contributed by atoms with E-state index in [1.165, 1.54) is 0 Å². The lowest BCUT2D eigenvalue weighted by Crippen LogP contribution is -2.42. The molecule has 0 aliphatic rings. The van der Waals surface area contributed by atoms with Crippen LogP contribution in [0.15, 0.2) is 24.4 Å². The maximum absolute atomic E-state index is 11.5. The third-order valence-corrected chi connectivity index (χ3v) is 2.76. The molecule has 2 heterocycles. The molecule has 4 N–H and O–H groups in total. The Kier molecular flexibility index (Phi) is 4.26. The van der Waals surface area contributed by atoms with Gasteiger partial charge in [-0.25, -0.2) is 0 Å². The highest BCUT2D eigenvalue weighted by Crippen LogP contribution is 2.02. The topological polar surface area (TPSA) is 123 Å². The van der Waals surface area contributed by atoms with Crippen molar-refractivity contribution in [2.45, 2.75) is 18.9 Å². The summed E-state index contributed by atoms with van der Waals surface area (Å²) in [7, 11) is 0. The Balaban J connectivity index is 1.87. The van der Waals surface area contributed by atoms with Crippen molar-refractivity contribution in [2.75, 3.05) is 6.54 Å². The molecule has 0 spiro atoms. The number of fused-ring (bicyclic) bond motifs is 1. The molecule has 0 aliphatic carbocycles. The van der Waals surface area contributed by atoms with Gasteiger partial charge in [-0.3, -0.25) is 14.0 Å². The summed E-state index contributed by atoms with van der Waals surface area (Å²) in [6.45, 7) is 0.321. The van der Waals surface area contributed by atoms with Crippen LogP contribution in [0.1, 0.15) is 12.2 Å². The minimum atomic E-state index is -1.10. The second-order valence-electron chi connectivity index (χ2n) is 4.29. The van der Waals surface area contributed by atoms with Crippen LogP contribution in [0.5, 0.6) is 0 Å². The zero-order chi connectivity index (χ0) is 14.5. The van der Waals surface area contributed by atoms with Crippen LogP contribution in [-0.4, -0.2) is 44.2 Å². The van der Waals surface area contributed by atoms with Gasteiger partial charge in [-0.2, -0.15) is 0 Å². The van der Waals surface area contributed by atoms with E-state index in [1.807, 2.05) is 28.8 Å². The van der Waals surface area contributed by atoms with Crippen molar-refractivity contribution in [3.05, 3.63) is 30.2 Å². The second-order valence-corrected chi connectivity index (χ2v) is 4.29. The normalized spacial score (nSPS) is 12.2. The van der Waals surface area contributed by atoms with Crippen molar-refractivity contribution in [3.8, 4) is 0 Å². The van der Waals surface area contributed by atoms with Gasteiger partial charge in [-0.05, 0) is 12.1 Å². The van der Waals surface area contributed by atoms with E-state index in [1.54, 1.807) is 0 Å². The van der Waals surface area contributed by atoms with E-state index in [-0.39, 0.29) is 6.42 Å². The van der Waals surface area contributed by atoms with Crippen LogP contribution < -0.4 is 11.1 Å². The third-order valence-electron chi connectivity index (χ3n) is 2.76. The van der Waals surface area contributed by atoms with Crippen LogP contribution >= 0.6 is 0 Å². The number of carboxylic acid groups (broad SMARTS) is 1. The molecule has 1 atom stereocenters. The first kappa shape index (κ1) is 13.9. The molecule has 0 fully saturated rings. The molecule has 2 rings (SSSR count). The summed E-state index contributed by atoms with van der Waals surface area (Å²) in [6.07, 6.45) is 1.93. The quantitative estimate of drug-likeness (QED) is 0.634. The number of carbonyl (C=O) groups is 2. The smallest absolute Gasteiger partial charge is 0.305 e. The number of nitrogens with two attached hydrogens (primary N) is 1. The largest absolute Gasteiger partial charge is 0.481 e. The summed E-state index contributed by atoms with van der Waals surface area (Å²) in [4.78, 5) is 22.0. The van der Waals surface area contributed by atoms with Crippen molar-refractivity contribution in [1.29, 1.82) is 0 Å². The standard InChI is InChI=1S/C12H15N5O3/c13-8(7-11(18)19)12(20)14-5-4-10-16-15-9-3-1-2-6-17(9)10/h1-3,6,8H,4-5,7,13H2,(H,14,20)(H,18,19). The van der Waals surface area contributed by atoms with Crippen LogP contribution in [0, 0.1) is 0 Å². The van der Waals surface area contributed by atoms with Gasteiger partial charge in [0.25, 0.3) is 0 Å². The number of hydrogen-bond donors (Lipinski definition) is 3. The predicted octanol–water partition coefficient (Wildman–Crippen LogP) is -0.810. The summed E-state index contributed by atoms with van der Waals surface area (Å²) in [5, 5.41) is 19.1. The molecule has 0 saturated heterocycles. The van der Waals surface area contributed by atoms with E-state index < -0.39 is 17.9 Å². The minimum absolute atomic E-state index is 0.321. The average molecular weight is 277 g/mol. The summed E-state index contributed by atoms with van der Waals surface area (Å²) in [5.41, 5.74) is 6.17. The van der Waals surface area contributed by atoms with Crippen molar-refractivity contribution < 1.29 is 14.7 Å². The van der Waals surface area contributed by atoms with E-state index in [2.05, 4.69) is 15.5 Å². The summed E-state index contributed by atoms with van der Waals surface area (Å²) in [5.74, 6) is -0.870. The van der Waals surface area contributed by atoms with Gasteiger partial charge in [0.05, 0.1) is 12.5 Å². The van der Waals surface area contributed by atoms with Gasteiger partial charge in [-0.1, -0.05) is 6.07 Å². The van der Waals surface area contributed by atoms with Crippen molar-refractivity contribution in [2.24, 2.45) is 5.73 Å². The number of carbonyl (C=O) groups excluding carboxylic acids is 1. The number of nitrogens with one attached hydrogen (secondary N) is 1. The number of rotatable bonds is 6. The predicted molar refractivity (Wildman–Crippen MR) is 69.9 cm³/mol. The molecule has 0 aliphatic heterocycles. The summed E-state index contributed by atoms with van der Waals surface area (Å²) in [6, 6.07) is 4.52. The molecular weight excluding hydrogens is 262 g/mol. The Morgan fingerprint density at radius 3 is 2.95 bits per heavy atom. The Morgan fingerprint density at radius 1 is 1.40 bits per heavy atom. The molecule has 2 aromatic heterocycles. The minimum Gasteiger partial charge on any atom is -0.481 e. The number of amides is 1. The van der Waals surface area contributed by atoms with E-state index in [4.69, 9.17) is 10.8 Å². The Bertz CT molecular complexity index is 624. The highest BCUT2D eigenvalue weighted by atomic mass is 16.4. The lowest BCUT2D eigenvalue weighted by Gasteiger charge is -2.09. The fourth-order valence-electron chi connectivity index (χ4n) is 1.77. The SMILES string of the molecule is NC(CC(=O)O)C(=O)NCCc1nnc2ccccn12. The van der Waals surface area contributed by atoms with Gasteiger partial charge in [0, 0.05) is 19.2 Å². The Morgan fingerprint density at radius 2 is 2.20 bits per heavy atom. The highest BCUT2D eigenvalue weighted by Gasteiger charge is 2.16. The zero-order valence-electron chi connectivity index (χ0n) is 10.7. The molecule has 8 heteroatoms. The first-order valence-corrected chi connectivity index (χ1v) is 6.11. The van der Waals surface area contributed by atoms with E-state index >= 15 is 0 Å². The molecule has 0 saturated carbocycles. The van der Waals surface area contributed by atoms with E-state index in [0.717, 1.165) is 5.65 Å². The van der Waals surface area contributed by atoms with Crippen LogP contribution in [0.4, 0.5) is 0 Å². The highest BCUT2D eigenvalue weighted by molar-refractivity contribution is 5.85. The summed E-state index contributed by atoms with van der Waals surface area (Å²) < 4.78 is 1.82. The lowest BCUT2D eigenvalue weighted by atomic mass is 10.2. The molecule has 106 valence electrons.